The first-order chi connectivity index (χ1) is 21.5. The molecule has 0 radical (unpaired) electrons. The molecule has 2 aliphatic rings. The SMILES string of the molecule is O=C(O[N+]1(CCn2ncc(-c3ccccc3)n2)CCCCC1)C(=O)O[N+]1(CCn2ncc(-c3ccccc3)n2)CCCCC1. The van der Waals surface area contributed by atoms with Crippen LogP contribution in [-0.2, 0) is 32.4 Å². The van der Waals surface area contributed by atoms with Gasteiger partial charge in [-0.3, -0.25) is 9.68 Å². The Labute approximate surface area is 256 Å². The molecule has 0 atom stereocenters. The molecule has 6 rings (SSSR count). The minimum absolute atomic E-state index is 0.0651. The van der Waals surface area contributed by atoms with Gasteiger partial charge in [-0.05, 0) is 12.8 Å². The van der Waals surface area contributed by atoms with Crippen molar-refractivity contribution in [3.8, 4) is 22.5 Å². The van der Waals surface area contributed by atoms with E-state index >= 15 is 0 Å². The maximum atomic E-state index is 13.3. The minimum Gasteiger partial charge on any atom is -0.263 e. The Balaban J connectivity index is 1.08. The molecular weight excluding hydrogens is 560 g/mol. The molecule has 0 saturated carbocycles. The number of hydroxylamine groups is 6. The lowest BCUT2D eigenvalue weighted by atomic mass is 10.1. The quantitative estimate of drug-likeness (QED) is 0.199. The zero-order valence-electron chi connectivity index (χ0n) is 25.0. The van der Waals surface area contributed by atoms with E-state index in [0.717, 1.165) is 61.0 Å². The van der Waals surface area contributed by atoms with Crippen LogP contribution in [0.3, 0.4) is 0 Å². The van der Waals surface area contributed by atoms with E-state index in [-0.39, 0.29) is 9.29 Å². The van der Waals surface area contributed by atoms with Crippen LogP contribution in [0.25, 0.3) is 22.5 Å². The van der Waals surface area contributed by atoms with Crippen molar-refractivity contribution >= 4 is 11.9 Å². The van der Waals surface area contributed by atoms with E-state index in [2.05, 4.69) is 20.4 Å². The Kier molecular flexibility index (Phi) is 9.08. The predicted molar refractivity (Wildman–Crippen MR) is 161 cm³/mol. The predicted octanol–water partition coefficient (Wildman–Crippen LogP) is 3.82. The smallest absolute Gasteiger partial charge is 0.263 e. The Morgan fingerprint density at radius 1 is 0.591 bits per heavy atom. The van der Waals surface area contributed by atoms with Crippen molar-refractivity contribution in [2.75, 3.05) is 39.3 Å². The number of likely N-dealkylation sites (tertiary alicyclic amines) is 2. The number of carbonyl (C=O) groups excluding carboxylic acids is 2. The second-order valence-corrected chi connectivity index (χ2v) is 11.7. The lowest BCUT2D eigenvalue weighted by Gasteiger charge is -2.38. The minimum atomic E-state index is -0.947. The fourth-order valence-electron chi connectivity index (χ4n) is 6.16. The van der Waals surface area contributed by atoms with Crippen molar-refractivity contribution in [3.63, 3.8) is 0 Å². The van der Waals surface area contributed by atoms with E-state index < -0.39 is 11.9 Å². The van der Waals surface area contributed by atoms with Gasteiger partial charge in [0, 0.05) is 36.8 Å². The summed E-state index contributed by atoms with van der Waals surface area (Å²) in [5, 5.41) is 18.1. The van der Waals surface area contributed by atoms with Crippen LogP contribution in [0.2, 0.25) is 0 Å². The average Bonchev–Trinajstić information content (AvgIpc) is 3.75. The van der Waals surface area contributed by atoms with Crippen LogP contribution in [-0.4, -0.2) is 90.5 Å². The molecule has 0 spiro atoms. The largest absolute Gasteiger partial charge is 0.480 e. The number of hydrogen-bond donors (Lipinski definition) is 0. The van der Waals surface area contributed by atoms with Gasteiger partial charge in [0.25, 0.3) is 0 Å². The Morgan fingerprint density at radius 2 is 0.977 bits per heavy atom. The first kappa shape index (κ1) is 29.6. The van der Waals surface area contributed by atoms with Crippen LogP contribution in [0.5, 0.6) is 0 Å². The van der Waals surface area contributed by atoms with Gasteiger partial charge in [-0.1, -0.05) is 60.7 Å². The molecule has 0 amide bonds. The summed E-state index contributed by atoms with van der Waals surface area (Å²) in [4.78, 5) is 41.8. The van der Waals surface area contributed by atoms with Gasteiger partial charge < -0.3 is 0 Å². The summed E-state index contributed by atoms with van der Waals surface area (Å²) in [6, 6.07) is 19.8. The molecular formula is C32H40N8O4+2. The molecule has 0 aliphatic carbocycles. The number of nitrogens with zero attached hydrogens (tertiary/aromatic N) is 8. The molecule has 12 nitrogen and oxygen atoms in total. The molecule has 4 aromatic rings. The highest BCUT2D eigenvalue weighted by molar-refractivity contribution is 6.29. The summed E-state index contributed by atoms with van der Waals surface area (Å²) in [5.41, 5.74) is 3.55. The summed E-state index contributed by atoms with van der Waals surface area (Å²) >= 11 is 0. The van der Waals surface area contributed by atoms with Crippen molar-refractivity contribution in [1.82, 2.24) is 30.0 Å². The lowest BCUT2D eigenvalue weighted by molar-refractivity contribution is -1.10. The van der Waals surface area contributed by atoms with Gasteiger partial charge in [-0.25, -0.2) is 9.59 Å². The van der Waals surface area contributed by atoms with Crippen LogP contribution in [0.4, 0.5) is 0 Å². The van der Waals surface area contributed by atoms with Gasteiger partial charge in [0.1, 0.15) is 63.7 Å². The zero-order chi connectivity index (χ0) is 30.2. The van der Waals surface area contributed by atoms with Gasteiger partial charge in [0.2, 0.25) is 0 Å². The molecule has 44 heavy (non-hydrogen) atoms. The molecule has 2 saturated heterocycles. The van der Waals surface area contributed by atoms with Crippen LogP contribution in [0.1, 0.15) is 38.5 Å². The van der Waals surface area contributed by atoms with E-state index in [4.69, 9.17) is 9.68 Å². The number of hydrogen-bond acceptors (Lipinski definition) is 8. The zero-order valence-corrected chi connectivity index (χ0v) is 25.0. The molecule has 4 heterocycles. The Bertz CT molecular complexity index is 1410. The number of quaternary nitrogens is 2. The third-order valence-corrected chi connectivity index (χ3v) is 8.61. The summed E-state index contributed by atoms with van der Waals surface area (Å²) in [5.74, 6) is -1.89. The fraction of sp³-hybridized carbons (Fsp3) is 0.438. The van der Waals surface area contributed by atoms with Crippen LogP contribution in [0, 0.1) is 0 Å². The van der Waals surface area contributed by atoms with E-state index in [1.807, 2.05) is 60.7 Å². The van der Waals surface area contributed by atoms with Gasteiger partial charge in [0.15, 0.2) is 0 Å². The first-order valence-electron chi connectivity index (χ1n) is 15.6. The third-order valence-electron chi connectivity index (χ3n) is 8.61. The van der Waals surface area contributed by atoms with Gasteiger partial charge in [0.05, 0.1) is 12.4 Å². The van der Waals surface area contributed by atoms with Gasteiger partial charge in [-0.2, -0.15) is 30.0 Å². The highest BCUT2D eigenvalue weighted by atomic mass is 16.8. The van der Waals surface area contributed by atoms with Crippen LogP contribution < -0.4 is 0 Å². The maximum Gasteiger partial charge on any atom is 0.480 e. The summed E-state index contributed by atoms with van der Waals surface area (Å²) < 4.78 is 0.130. The lowest BCUT2D eigenvalue weighted by Crippen LogP contribution is -2.58. The number of benzene rings is 2. The van der Waals surface area contributed by atoms with E-state index in [1.165, 1.54) is 0 Å². The highest BCUT2D eigenvalue weighted by Crippen LogP contribution is 2.24. The van der Waals surface area contributed by atoms with Crippen molar-refractivity contribution in [3.05, 3.63) is 73.1 Å². The van der Waals surface area contributed by atoms with E-state index in [9.17, 15) is 9.59 Å². The van der Waals surface area contributed by atoms with Crippen molar-refractivity contribution < 1.29 is 28.6 Å². The molecule has 2 fully saturated rings. The highest BCUT2D eigenvalue weighted by Gasteiger charge is 2.43. The number of rotatable bonds is 10. The normalized spacial score (nSPS) is 17.5. The Hall–Kier alpha value is -4.42. The van der Waals surface area contributed by atoms with Crippen LogP contribution in [0.15, 0.2) is 73.1 Å². The molecule has 0 bridgehead atoms. The molecule has 0 N–H and O–H groups in total. The molecule has 230 valence electrons. The molecule has 2 aliphatic heterocycles. The van der Waals surface area contributed by atoms with Gasteiger partial charge in [-0.15, -0.1) is 9.29 Å². The number of piperidine rings is 2. The Morgan fingerprint density at radius 3 is 1.36 bits per heavy atom. The number of carbonyl (C=O) groups is 2. The monoisotopic (exact) mass is 600 g/mol. The molecule has 0 unspecified atom stereocenters. The maximum absolute atomic E-state index is 13.3. The summed E-state index contributed by atoms with van der Waals surface area (Å²) in [6.07, 6.45) is 9.24. The standard InChI is InChI=1S/C32H40N8O4/c41-31(43-39(19-9-3-10-20-39)23-17-37-33-25-29(35-37)27-13-5-1-6-14-27)32(42)44-40(21-11-4-12-22-40)24-18-38-34-26-30(36-38)28-15-7-2-8-16-28/h1-2,5-8,13-16,25-26H,3-4,9-12,17-24H2/q+2. The second kappa shape index (κ2) is 13.5. The topological polar surface area (TPSA) is 114 Å². The molecule has 2 aromatic carbocycles. The fourth-order valence-corrected chi connectivity index (χ4v) is 6.16. The average molecular weight is 601 g/mol. The van der Waals surface area contributed by atoms with Crippen molar-refractivity contribution in [2.45, 2.75) is 51.6 Å². The van der Waals surface area contributed by atoms with Crippen molar-refractivity contribution in [1.29, 1.82) is 0 Å². The van der Waals surface area contributed by atoms with Crippen LogP contribution >= 0.6 is 0 Å². The van der Waals surface area contributed by atoms with Crippen molar-refractivity contribution in [2.24, 2.45) is 0 Å². The second-order valence-electron chi connectivity index (χ2n) is 11.7. The molecule has 12 heteroatoms. The van der Waals surface area contributed by atoms with E-state index in [1.54, 1.807) is 22.0 Å². The molecule has 2 aromatic heterocycles. The summed E-state index contributed by atoms with van der Waals surface area (Å²) in [7, 11) is 0. The first-order valence-corrected chi connectivity index (χ1v) is 15.6. The summed E-state index contributed by atoms with van der Waals surface area (Å²) in [6.45, 7) is 4.41. The van der Waals surface area contributed by atoms with E-state index in [0.29, 0.717) is 52.4 Å². The number of aromatic nitrogens is 6. The third kappa shape index (κ3) is 7.20. The van der Waals surface area contributed by atoms with Gasteiger partial charge >= 0.3 is 11.9 Å².